The van der Waals surface area contributed by atoms with Gasteiger partial charge in [-0.1, -0.05) is 76.5 Å². The molecule has 1 saturated carbocycles. The van der Waals surface area contributed by atoms with Gasteiger partial charge in [0.25, 0.3) is 0 Å². The van der Waals surface area contributed by atoms with Crippen LogP contribution in [-0.4, -0.2) is 4.98 Å². The van der Waals surface area contributed by atoms with Crippen molar-refractivity contribution >= 4 is 0 Å². The SMILES string of the molecule is CCCCCc1ccc(C#Cc2ccc([C@H]3CC[C@H](CCCCC)CC3)cc2)nc1. The van der Waals surface area contributed by atoms with E-state index in [2.05, 4.69) is 67.1 Å². The van der Waals surface area contributed by atoms with Crippen LogP contribution in [0.25, 0.3) is 0 Å². The smallest absolute Gasteiger partial charge is 0.113 e. The highest BCUT2D eigenvalue weighted by molar-refractivity contribution is 5.41. The van der Waals surface area contributed by atoms with Crippen LogP contribution >= 0.6 is 0 Å². The molecule has 160 valence electrons. The molecule has 0 unspecified atom stereocenters. The van der Waals surface area contributed by atoms with Crippen LogP contribution in [0.3, 0.4) is 0 Å². The minimum absolute atomic E-state index is 0.747. The first-order valence-electron chi connectivity index (χ1n) is 12.4. The van der Waals surface area contributed by atoms with Gasteiger partial charge in [-0.2, -0.15) is 0 Å². The third-order valence-electron chi connectivity index (χ3n) is 6.67. The van der Waals surface area contributed by atoms with Gasteiger partial charge in [-0.3, -0.25) is 0 Å². The first kappa shape index (κ1) is 22.6. The summed E-state index contributed by atoms with van der Waals surface area (Å²) in [5.41, 5.74) is 4.76. The number of nitrogens with zero attached hydrogens (tertiary/aromatic N) is 1. The van der Waals surface area contributed by atoms with E-state index in [1.54, 1.807) is 0 Å². The number of pyridine rings is 1. The van der Waals surface area contributed by atoms with Crippen molar-refractivity contribution in [1.82, 2.24) is 4.98 Å². The Morgan fingerprint density at radius 1 is 0.800 bits per heavy atom. The summed E-state index contributed by atoms with van der Waals surface area (Å²) in [6.45, 7) is 4.54. The highest BCUT2D eigenvalue weighted by Crippen LogP contribution is 2.37. The van der Waals surface area contributed by atoms with Gasteiger partial charge < -0.3 is 0 Å². The van der Waals surface area contributed by atoms with Crippen molar-refractivity contribution in [3.8, 4) is 11.8 Å². The van der Waals surface area contributed by atoms with Crippen molar-refractivity contribution < 1.29 is 0 Å². The van der Waals surface area contributed by atoms with E-state index in [1.807, 2.05) is 6.20 Å². The standard InChI is InChI=1S/C29H39N/c1-3-5-7-9-24-11-17-27(18-12-24)28-19-13-25(14-20-28)15-21-29-22-16-26(23-30-29)10-8-6-4-2/h13-14,16,19-20,22-24,27H,3-12,17-18H2,1-2H3/t24-,27-. The Balaban J connectivity index is 1.48. The Labute approximate surface area is 184 Å². The van der Waals surface area contributed by atoms with Crippen molar-refractivity contribution in [2.24, 2.45) is 5.92 Å². The van der Waals surface area contributed by atoms with Gasteiger partial charge in [-0.05, 0) is 85.6 Å². The fourth-order valence-corrected chi connectivity index (χ4v) is 4.67. The minimum atomic E-state index is 0.747. The molecule has 1 aliphatic carbocycles. The van der Waals surface area contributed by atoms with Gasteiger partial charge >= 0.3 is 0 Å². The summed E-state index contributed by atoms with van der Waals surface area (Å²) in [5, 5.41) is 0. The van der Waals surface area contributed by atoms with E-state index >= 15 is 0 Å². The summed E-state index contributed by atoms with van der Waals surface area (Å²) in [6.07, 6.45) is 18.1. The van der Waals surface area contributed by atoms with Gasteiger partial charge in [0, 0.05) is 11.8 Å². The topological polar surface area (TPSA) is 12.9 Å². The normalized spacial score (nSPS) is 18.6. The van der Waals surface area contributed by atoms with Crippen molar-refractivity contribution in [2.45, 2.75) is 96.8 Å². The molecule has 0 radical (unpaired) electrons. The fourth-order valence-electron chi connectivity index (χ4n) is 4.67. The van der Waals surface area contributed by atoms with E-state index in [4.69, 9.17) is 0 Å². The van der Waals surface area contributed by atoms with Crippen molar-refractivity contribution in [3.05, 3.63) is 65.0 Å². The molecule has 0 amide bonds. The van der Waals surface area contributed by atoms with E-state index in [0.717, 1.165) is 29.5 Å². The van der Waals surface area contributed by atoms with E-state index < -0.39 is 0 Å². The second-order valence-electron chi connectivity index (χ2n) is 9.09. The first-order valence-corrected chi connectivity index (χ1v) is 12.4. The zero-order valence-corrected chi connectivity index (χ0v) is 19.1. The lowest BCUT2D eigenvalue weighted by Gasteiger charge is -2.29. The first-order chi connectivity index (χ1) is 14.8. The summed E-state index contributed by atoms with van der Waals surface area (Å²) in [6, 6.07) is 13.2. The van der Waals surface area contributed by atoms with E-state index in [0.29, 0.717) is 0 Å². The highest BCUT2D eigenvalue weighted by atomic mass is 14.7. The van der Waals surface area contributed by atoms with Crippen LogP contribution in [0.1, 0.15) is 113 Å². The quantitative estimate of drug-likeness (QED) is 0.306. The maximum absolute atomic E-state index is 4.52. The van der Waals surface area contributed by atoms with E-state index in [-0.39, 0.29) is 0 Å². The lowest BCUT2D eigenvalue weighted by Crippen LogP contribution is -2.13. The maximum Gasteiger partial charge on any atom is 0.113 e. The third-order valence-corrected chi connectivity index (χ3v) is 6.67. The van der Waals surface area contributed by atoms with Crippen LogP contribution in [0.2, 0.25) is 0 Å². The summed E-state index contributed by atoms with van der Waals surface area (Å²) in [5.74, 6) is 8.23. The van der Waals surface area contributed by atoms with Crippen molar-refractivity contribution in [3.63, 3.8) is 0 Å². The second-order valence-corrected chi connectivity index (χ2v) is 9.09. The van der Waals surface area contributed by atoms with Crippen LogP contribution in [0, 0.1) is 17.8 Å². The molecule has 1 aliphatic rings. The van der Waals surface area contributed by atoms with E-state index in [1.165, 1.54) is 81.8 Å². The number of hydrogen-bond donors (Lipinski definition) is 0. The van der Waals surface area contributed by atoms with Gasteiger partial charge in [0.15, 0.2) is 0 Å². The Morgan fingerprint density at radius 3 is 2.20 bits per heavy atom. The molecule has 30 heavy (non-hydrogen) atoms. The molecular weight excluding hydrogens is 362 g/mol. The van der Waals surface area contributed by atoms with Crippen molar-refractivity contribution in [2.75, 3.05) is 0 Å². The molecule has 0 bridgehead atoms. The summed E-state index contributed by atoms with van der Waals surface area (Å²) >= 11 is 0. The highest BCUT2D eigenvalue weighted by Gasteiger charge is 2.21. The summed E-state index contributed by atoms with van der Waals surface area (Å²) < 4.78 is 0. The van der Waals surface area contributed by atoms with Crippen LogP contribution in [0.4, 0.5) is 0 Å². The molecule has 0 spiro atoms. The number of aryl methyl sites for hydroxylation is 1. The number of aromatic nitrogens is 1. The molecule has 1 aromatic heterocycles. The average Bonchev–Trinajstić information content (AvgIpc) is 2.80. The zero-order valence-electron chi connectivity index (χ0n) is 19.1. The molecule has 0 atom stereocenters. The minimum Gasteiger partial charge on any atom is -0.248 e. The molecule has 3 rings (SSSR count). The molecule has 1 nitrogen and oxygen atoms in total. The Morgan fingerprint density at radius 2 is 1.53 bits per heavy atom. The number of hydrogen-bond acceptors (Lipinski definition) is 1. The van der Waals surface area contributed by atoms with Gasteiger partial charge in [-0.25, -0.2) is 4.98 Å². The van der Waals surface area contributed by atoms with E-state index in [9.17, 15) is 0 Å². The number of rotatable bonds is 9. The monoisotopic (exact) mass is 401 g/mol. The summed E-state index contributed by atoms with van der Waals surface area (Å²) in [4.78, 5) is 4.52. The molecule has 0 N–H and O–H groups in total. The molecule has 0 aliphatic heterocycles. The number of unbranched alkanes of at least 4 members (excludes halogenated alkanes) is 4. The Kier molecular flexibility index (Phi) is 9.49. The average molecular weight is 402 g/mol. The van der Waals surface area contributed by atoms with Crippen LogP contribution in [-0.2, 0) is 6.42 Å². The van der Waals surface area contributed by atoms with Gasteiger partial charge in [-0.15, -0.1) is 0 Å². The molecule has 1 fully saturated rings. The molecule has 1 heterocycles. The molecular formula is C29H39N. The molecule has 1 heteroatoms. The molecule has 2 aromatic rings. The van der Waals surface area contributed by atoms with Gasteiger partial charge in [0.2, 0.25) is 0 Å². The lowest BCUT2D eigenvalue weighted by atomic mass is 9.77. The largest absolute Gasteiger partial charge is 0.248 e. The second kappa shape index (κ2) is 12.6. The van der Waals surface area contributed by atoms with Crippen LogP contribution in [0.15, 0.2) is 42.6 Å². The molecule has 1 aromatic carbocycles. The van der Waals surface area contributed by atoms with Crippen LogP contribution in [0.5, 0.6) is 0 Å². The lowest BCUT2D eigenvalue weighted by molar-refractivity contribution is 0.303. The van der Waals surface area contributed by atoms with Crippen LogP contribution < -0.4 is 0 Å². The van der Waals surface area contributed by atoms with Gasteiger partial charge in [0.05, 0.1) is 0 Å². The predicted molar refractivity (Wildman–Crippen MR) is 129 cm³/mol. The zero-order chi connectivity index (χ0) is 21.0. The third kappa shape index (κ3) is 7.32. The van der Waals surface area contributed by atoms with Crippen molar-refractivity contribution in [1.29, 1.82) is 0 Å². The predicted octanol–water partition coefficient (Wildman–Crippen LogP) is 8.07. The molecule has 0 saturated heterocycles. The number of benzene rings is 1. The van der Waals surface area contributed by atoms with Gasteiger partial charge in [0.1, 0.15) is 5.69 Å². The summed E-state index contributed by atoms with van der Waals surface area (Å²) in [7, 11) is 0. The fraction of sp³-hybridized carbons (Fsp3) is 0.552. The Hall–Kier alpha value is -2.07. The maximum atomic E-state index is 4.52. The Bertz CT molecular complexity index is 783.